The lowest BCUT2D eigenvalue weighted by atomic mass is 10.2. The molecule has 0 aliphatic carbocycles. The molecular formula is C14H24N2S. The van der Waals surface area contributed by atoms with Gasteiger partial charge in [-0.25, -0.2) is 0 Å². The zero-order valence-electron chi connectivity index (χ0n) is 10.6. The summed E-state index contributed by atoms with van der Waals surface area (Å²) in [5.41, 5.74) is 5.27. The molecule has 0 aromatic carbocycles. The molecule has 3 N–H and O–H groups in total. The van der Waals surface area contributed by atoms with E-state index in [9.17, 15) is 0 Å². The fourth-order valence-corrected chi connectivity index (χ4v) is 1.53. The Morgan fingerprint density at radius 3 is 1.88 bits per heavy atom. The zero-order chi connectivity index (χ0) is 12.6. The predicted octanol–water partition coefficient (Wildman–Crippen LogP) is 4.29. The van der Waals surface area contributed by atoms with Crippen LogP contribution in [0.3, 0.4) is 0 Å². The van der Waals surface area contributed by atoms with Crippen molar-refractivity contribution in [2.75, 3.05) is 6.54 Å². The summed E-state index contributed by atoms with van der Waals surface area (Å²) in [6.07, 6.45) is 8.91. The summed E-state index contributed by atoms with van der Waals surface area (Å²) in [5, 5.41) is 4.08. The quantitative estimate of drug-likeness (QED) is 0.783. The monoisotopic (exact) mass is 252 g/mol. The first kappa shape index (κ1) is 15.9. The molecule has 2 aromatic heterocycles. The highest BCUT2D eigenvalue weighted by atomic mass is 32.1. The first-order valence-corrected chi connectivity index (χ1v) is 7.11. The molecule has 0 saturated carbocycles. The fourth-order valence-electron chi connectivity index (χ4n) is 1.08. The van der Waals surface area contributed by atoms with Crippen molar-refractivity contribution in [3.8, 4) is 0 Å². The lowest BCUT2D eigenvalue weighted by Crippen LogP contribution is -1.97. The van der Waals surface area contributed by atoms with Crippen LogP contribution in [0.1, 0.15) is 32.6 Å². The third-order valence-electron chi connectivity index (χ3n) is 1.98. The minimum Gasteiger partial charge on any atom is -0.368 e. The van der Waals surface area contributed by atoms with E-state index in [0.717, 1.165) is 6.54 Å². The van der Waals surface area contributed by atoms with Crippen molar-refractivity contribution in [2.24, 2.45) is 5.73 Å². The average Bonchev–Trinajstić information content (AvgIpc) is 3.08. The summed E-state index contributed by atoms with van der Waals surface area (Å²) >= 11 is 1.71. The van der Waals surface area contributed by atoms with Crippen LogP contribution in [0, 0.1) is 0 Å². The summed E-state index contributed by atoms with van der Waals surface area (Å²) in [5.74, 6) is 0. The summed E-state index contributed by atoms with van der Waals surface area (Å²) in [7, 11) is 0. The fraction of sp³-hybridized carbons (Fsp3) is 0.429. The van der Waals surface area contributed by atoms with Gasteiger partial charge >= 0.3 is 0 Å². The van der Waals surface area contributed by atoms with Crippen molar-refractivity contribution in [3.05, 3.63) is 47.4 Å². The molecule has 3 heteroatoms. The molecule has 2 heterocycles. The average molecular weight is 252 g/mol. The van der Waals surface area contributed by atoms with Crippen LogP contribution in [0.4, 0.5) is 0 Å². The number of aromatic nitrogens is 1. The van der Waals surface area contributed by atoms with Crippen molar-refractivity contribution >= 4 is 11.3 Å². The molecule has 0 atom stereocenters. The number of aromatic amines is 1. The maximum Gasteiger partial charge on any atom is 0.000496 e. The minimum absolute atomic E-state index is 0.861. The Bertz CT molecular complexity index is 212. The lowest BCUT2D eigenvalue weighted by molar-refractivity contribution is 0.674. The molecule has 2 aromatic rings. The number of unbranched alkanes of at least 4 members (excludes halogenated alkanes) is 3. The highest BCUT2D eigenvalue weighted by Gasteiger charge is 1.80. The van der Waals surface area contributed by atoms with Gasteiger partial charge in [0, 0.05) is 12.4 Å². The topological polar surface area (TPSA) is 41.8 Å². The Hall–Kier alpha value is -1.06. The van der Waals surface area contributed by atoms with Gasteiger partial charge in [-0.2, -0.15) is 11.3 Å². The second-order valence-electron chi connectivity index (χ2n) is 3.53. The third kappa shape index (κ3) is 14.9. The number of H-pyrrole nitrogens is 1. The summed E-state index contributed by atoms with van der Waals surface area (Å²) in [6, 6.07) is 7.93. The van der Waals surface area contributed by atoms with E-state index >= 15 is 0 Å². The van der Waals surface area contributed by atoms with Gasteiger partial charge in [0.05, 0.1) is 0 Å². The van der Waals surface area contributed by atoms with Crippen molar-refractivity contribution in [1.29, 1.82) is 0 Å². The summed E-state index contributed by atoms with van der Waals surface area (Å²) in [6.45, 7) is 3.07. The Labute approximate surface area is 109 Å². The number of nitrogens with two attached hydrogens (primary N) is 1. The van der Waals surface area contributed by atoms with Crippen LogP contribution in [0.2, 0.25) is 0 Å². The summed E-state index contributed by atoms with van der Waals surface area (Å²) in [4.78, 5) is 2.86. The van der Waals surface area contributed by atoms with E-state index in [1.165, 1.54) is 25.7 Å². The van der Waals surface area contributed by atoms with Gasteiger partial charge in [0.1, 0.15) is 0 Å². The van der Waals surface area contributed by atoms with E-state index in [1.807, 2.05) is 47.4 Å². The minimum atomic E-state index is 0.861. The van der Waals surface area contributed by atoms with Gasteiger partial charge in [0.25, 0.3) is 0 Å². The molecule has 0 saturated heterocycles. The number of thiophene rings is 1. The normalized spacial score (nSPS) is 8.59. The van der Waals surface area contributed by atoms with E-state index in [2.05, 4.69) is 11.9 Å². The van der Waals surface area contributed by atoms with Crippen LogP contribution in [0.5, 0.6) is 0 Å². The SMILES string of the molecule is CCCCCCN.c1cc[nH]c1.c1ccsc1. The molecule has 2 rings (SSSR count). The van der Waals surface area contributed by atoms with Gasteiger partial charge < -0.3 is 10.7 Å². The van der Waals surface area contributed by atoms with Gasteiger partial charge in [-0.1, -0.05) is 38.3 Å². The maximum atomic E-state index is 5.27. The van der Waals surface area contributed by atoms with E-state index in [1.54, 1.807) is 11.3 Å². The van der Waals surface area contributed by atoms with Gasteiger partial charge in [-0.05, 0) is 35.9 Å². The number of hydrogen-bond donors (Lipinski definition) is 2. The van der Waals surface area contributed by atoms with Crippen LogP contribution in [0.25, 0.3) is 0 Å². The Morgan fingerprint density at radius 1 is 0.941 bits per heavy atom. The molecule has 0 bridgehead atoms. The summed E-state index contributed by atoms with van der Waals surface area (Å²) < 4.78 is 0. The van der Waals surface area contributed by atoms with E-state index < -0.39 is 0 Å². The van der Waals surface area contributed by atoms with Gasteiger partial charge in [-0.15, -0.1) is 0 Å². The first-order valence-electron chi connectivity index (χ1n) is 6.16. The van der Waals surface area contributed by atoms with Crippen LogP contribution in [-0.4, -0.2) is 11.5 Å². The Kier molecular flexibility index (Phi) is 14.0. The Balaban J connectivity index is 0.000000229. The lowest BCUT2D eigenvalue weighted by Gasteiger charge is -1.90. The first-order chi connectivity index (χ1) is 8.41. The van der Waals surface area contributed by atoms with Crippen LogP contribution in [-0.2, 0) is 0 Å². The molecule has 0 fully saturated rings. The van der Waals surface area contributed by atoms with E-state index in [4.69, 9.17) is 5.73 Å². The van der Waals surface area contributed by atoms with Crippen molar-refractivity contribution < 1.29 is 0 Å². The second kappa shape index (κ2) is 14.9. The highest BCUT2D eigenvalue weighted by Crippen LogP contribution is 1.95. The zero-order valence-corrected chi connectivity index (χ0v) is 11.5. The molecule has 17 heavy (non-hydrogen) atoms. The van der Waals surface area contributed by atoms with Crippen LogP contribution >= 0.6 is 11.3 Å². The molecule has 2 nitrogen and oxygen atoms in total. The highest BCUT2D eigenvalue weighted by molar-refractivity contribution is 7.07. The van der Waals surface area contributed by atoms with Crippen LogP contribution in [0.15, 0.2) is 47.4 Å². The van der Waals surface area contributed by atoms with Crippen molar-refractivity contribution in [1.82, 2.24) is 4.98 Å². The molecule has 0 aliphatic heterocycles. The van der Waals surface area contributed by atoms with Crippen molar-refractivity contribution in [3.63, 3.8) is 0 Å². The molecule has 96 valence electrons. The van der Waals surface area contributed by atoms with Gasteiger partial charge in [0.15, 0.2) is 0 Å². The smallest absolute Gasteiger partial charge is 0.000496 e. The third-order valence-corrected chi connectivity index (χ3v) is 2.61. The molecule has 0 unspecified atom stereocenters. The van der Waals surface area contributed by atoms with Gasteiger partial charge in [0.2, 0.25) is 0 Å². The number of nitrogens with one attached hydrogen (secondary N) is 1. The van der Waals surface area contributed by atoms with E-state index in [0.29, 0.717) is 0 Å². The molecular weight excluding hydrogens is 228 g/mol. The standard InChI is InChI=1S/C6H15N.C4H5N.C4H4S/c1-2-3-4-5-6-7;2*1-2-4-5-3-1/h2-7H2,1H3;1-5H;1-4H. The number of rotatable bonds is 4. The predicted molar refractivity (Wildman–Crippen MR) is 78.3 cm³/mol. The van der Waals surface area contributed by atoms with Gasteiger partial charge in [-0.3, -0.25) is 0 Å². The molecule has 0 radical (unpaired) electrons. The molecule has 0 spiro atoms. The number of hydrogen-bond acceptors (Lipinski definition) is 2. The molecule has 0 amide bonds. The molecule has 0 aliphatic rings. The van der Waals surface area contributed by atoms with Crippen LogP contribution < -0.4 is 5.73 Å². The Morgan fingerprint density at radius 2 is 1.59 bits per heavy atom. The van der Waals surface area contributed by atoms with Crippen molar-refractivity contribution in [2.45, 2.75) is 32.6 Å². The second-order valence-corrected chi connectivity index (χ2v) is 4.34. The maximum absolute atomic E-state index is 5.27. The largest absolute Gasteiger partial charge is 0.368 e. The van der Waals surface area contributed by atoms with E-state index in [-0.39, 0.29) is 0 Å².